The maximum Gasteiger partial charge on any atom is 0.322 e. The van der Waals surface area contributed by atoms with Gasteiger partial charge in [0, 0.05) is 0 Å². The Labute approximate surface area is 220 Å². The summed E-state index contributed by atoms with van der Waals surface area (Å²) < 4.78 is 19.5. The van der Waals surface area contributed by atoms with Crippen LogP contribution in [0.1, 0.15) is 34.6 Å². The highest BCUT2D eigenvalue weighted by atomic mass is 79.9. The second-order valence-electron chi connectivity index (χ2n) is 10.1. The standard InChI is InChI=1S/C23H29Br2NO9/c1-21(2,24)18(29)33-10-23(5,11-34-19(30)22(3,4)25)20(31)32-9-8-26-16(27)14-12-6-7-13(35-12)15(14)17(26)28/h6-7,12-15H,8-11H2,1-5H3. The molecular formula is C23H29Br2NO9. The molecule has 0 aromatic rings. The lowest BCUT2D eigenvalue weighted by molar-refractivity contribution is -0.172. The molecular weight excluding hydrogens is 594 g/mol. The van der Waals surface area contributed by atoms with Gasteiger partial charge in [0.1, 0.15) is 33.9 Å². The number of fused-ring (bicyclic) bond motifs is 5. The number of hydrogen-bond acceptors (Lipinski definition) is 9. The maximum absolute atomic E-state index is 13.0. The topological polar surface area (TPSA) is 126 Å². The summed E-state index contributed by atoms with van der Waals surface area (Å²) in [5, 5.41) is 0. The summed E-state index contributed by atoms with van der Waals surface area (Å²) in [5.74, 6) is -3.82. The number of amides is 2. The van der Waals surface area contributed by atoms with Crippen LogP contribution in [0.2, 0.25) is 0 Å². The number of esters is 3. The fourth-order valence-corrected chi connectivity index (χ4v) is 4.17. The number of rotatable bonds is 10. The van der Waals surface area contributed by atoms with Crippen LogP contribution in [0.3, 0.4) is 0 Å². The molecule has 2 amide bonds. The van der Waals surface area contributed by atoms with E-state index < -0.39 is 69.2 Å². The summed E-state index contributed by atoms with van der Waals surface area (Å²) in [5.41, 5.74) is -1.52. The minimum atomic E-state index is -1.52. The molecule has 0 aromatic carbocycles. The number of carbonyl (C=O) groups excluding carboxylic acids is 5. The predicted molar refractivity (Wildman–Crippen MR) is 128 cm³/mol. The number of carbonyl (C=O) groups is 5. The van der Waals surface area contributed by atoms with Crippen molar-refractivity contribution in [2.45, 2.75) is 55.5 Å². The van der Waals surface area contributed by atoms with Crippen LogP contribution in [0.25, 0.3) is 0 Å². The van der Waals surface area contributed by atoms with Crippen LogP contribution in [0.5, 0.6) is 0 Å². The van der Waals surface area contributed by atoms with E-state index in [1.54, 1.807) is 39.8 Å². The molecule has 4 atom stereocenters. The monoisotopic (exact) mass is 621 g/mol. The zero-order valence-corrected chi connectivity index (χ0v) is 23.3. The molecule has 0 aromatic heterocycles. The van der Waals surface area contributed by atoms with Crippen molar-refractivity contribution in [2.75, 3.05) is 26.4 Å². The van der Waals surface area contributed by atoms with Gasteiger partial charge in [0.05, 0.1) is 30.6 Å². The third kappa shape index (κ3) is 5.80. The number of likely N-dealkylation sites (tertiary alicyclic amines) is 1. The maximum atomic E-state index is 13.0. The molecule has 2 bridgehead atoms. The highest BCUT2D eigenvalue weighted by Crippen LogP contribution is 2.44. The van der Waals surface area contributed by atoms with Gasteiger partial charge in [-0.05, 0) is 34.6 Å². The first-order valence-corrected chi connectivity index (χ1v) is 12.7. The van der Waals surface area contributed by atoms with Gasteiger partial charge in [-0.2, -0.15) is 0 Å². The van der Waals surface area contributed by atoms with Crippen molar-refractivity contribution in [3.8, 4) is 0 Å². The smallest absolute Gasteiger partial charge is 0.322 e. The Bertz CT molecular complexity index is 890. The van der Waals surface area contributed by atoms with Crippen LogP contribution < -0.4 is 0 Å². The van der Waals surface area contributed by atoms with Crippen molar-refractivity contribution in [1.82, 2.24) is 4.90 Å². The van der Waals surface area contributed by atoms with Crippen LogP contribution in [-0.4, -0.2) is 81.8 Å². The molecule has 0 aliphatic carbocycles. The molecule has 35 heavy (non-hydrogen) atoms. The predicted octanol–water partition coefficient (Wildman–Crippen LogP) is 1.91. The van der Waals surface area contributed by atoms with E-state index in [2.05, 4.69) is 31.9 Å². The van der Waals surface area contributed by atoms with Crippen LogP contribution in [0.4, 0.5) is 0 Å². The lowest BCUT2D eigenvalue weighted by Gasteiger charge is -2.29. The molecule has 4 unspecified atom stereocenters. The van der Waals surface area contributed by atoms with Gasteiger partial charge in [0.25, 0.3) is 0 Å². The van der Waals surface area contributed by atoms with Crippen LogP contribution in [0.15, 0.2) is 12.2 Å². The van der Waals surface area contributed by atoms with Gasteiger partial charge in [-0.25, -0.2) is 0 Å². The van der Waals surface area contributed by atoms with E-state index in [1.165, 1.54) is 6.92 Å². The molecule has 3 rings (SSSR count). The zero-order chi connectivity index (χ0) is 26.3. The van der Waals surface area contributed by atoms with E-state index in [0.29, 0.717) is 0 Å². The fraction of sp³-hybridized carbons (Fsp3) is 0.696. The Balaban J connectivity index is 1.61. The average Bonchev–Trinajstić information content (AvgIpc) is 3.44. The van der Waals surface area contributed by atoms with E-state index >= 15 is 0 Å². The number of halogens is 2. The largest absolute Gasteiger partial charge is 0.463 e. The van der Waals surface area contributed by atoms with Crippen molar-refractivity contribution in [3.63, 3.8) is 0 Å². The highest BCUT2D eigenvalue weighted by molar-refractivity contribution is 9.10. The van der Waals surface area contributed by atoms with Gasteiger partial charge in [-0.15, -0.1) is 0 Å². The van der Waals surface area contributed by atoms with E-state index in [9.17, 15) is 24.0 Å². The van der Waals surface area contributed by atoms with E-state index in [1.807, 2.05) is 0 Å². The molecule has 194 valence electrons. The van der Waals surface area contributed by atoms with Crippen molar-refractivity contribution in [1.29, 1.82) is 0 Å². The van der Waals surface area contributed by atoms with E-state index in [-0.39, 0.29) is 25.0 Å². The number of ether oxygens (including phenoxy) is 4. The van der Waals surface area contributed by atoms with Gasteiger partial charge >= 0.3 is 17.9 Å². The average molecular weight is 623 g/mol. The lowest BCUT2D eigenvalue weighted by atomic mass is 9.85. The quantitative estimate of drug-likeness (QED) is 0.118. The molecule has 3 aliphatic rings. The summed E-state index contributed by atoms with van der Waals surface area (Å²) in [6.45, 7) is 6.60. The molecule has 3 aliphatic heterocycles. The Morgan fingerprint density at radius 3 is 1.66 bits per heavy atom. The van der Waals surface area contributed by atoms with Crippen molar-refractivity contribution in [3.05, 3.63) is 12.2 Å². The first-order valence-electron chi connectivity index (χ1n) is 11.1. The molecule has 0 radical (unpaired) electrons. The molecule has 12 heteroatoms. The molecule has 10 nitrogen and oxygen atoms in total. The molecule has 2 saturated heterocycles. The molecule has 0 saturated carbocycles. The zero-order valence-electron chi connectivity index (χ0n) is 20.2. The van der Waals surface area contributed by atoms with Gasteiger partial charge in [0.2, 0.25) is 11.8 Å². The van der Waals surface area contributed by atoms with Gasteiger partial charge in [-0.1, -0.05) is 44.0 Å². The minimum absolute atomic E-state index is 0.117. The van der Waals surface area contributed by atoms with Gasteiger partial charge in [0.15, 0.2) is 0 Å². The second kappa shape index (κ2) is 9.93. The lowest BCUT2D eigenvalue weighted by Crippen LogP contribution is -2.44. The van der Waals surface area contributed by atoms with Gasteiger partial charge in [-0.3, -0.25) is 28.9 Å². The Morgan fingerprint density at radius 1 is 0.829 bits per heavy atom. The molecule has 3 heterocycles. The summed E-state index contributed by atoms with van der Waals surface area (Å²) in [7, 11) is 0. The second-order valence-corrected chi connectivity index (χ2v) is 14.1. The van der Waals surface area contributed by atoms with Crippen LogP contribution >= 0.6 is 31.9 Å². The Morgan fingerprint density at radius 2 is 1.26 bits per heavy atom. The Hall–Kier alpha value is -1.79. The number of hydrogen-bond donors (Lipinski definition) is 0. The first-order chi connectivity index (χ1) is 16.1. The van der Waals surface area contributed by atoms with Crippen LogP contribution in [-0.2, 0) is 42.9 Å². The summed E-state index contributed by atoms with van der Waals surface area (Å²) >= 11 is 6.39. The molecule has 2 fully saturated rings. The third-order valence-electron chi connectivity index (χ3n) is 6.06. The van der Waals surface area contributed by atoms with E-state index in [0.717, 1.165) is 4.90 Å². The molecule has 0 spiro atoms. The summed E-state index contributed by atoms with van der Waals surface area (Å²) in [6, 6.07) is 0. The number of alkyl halides is 2. The van der Waals surface area contributed by atoms with E-state index in [4.69, 9.17) is 18.9 Å². The molecule has 0 N–H and O–H groups in total. The first kappa shape index (κ1) is 27.8. The number of imide groups is 1. The third-order valence-corrected chi connectivity index (χ3v) is 6.70. The van der Waals surface area contributed by atoms with Crippen LogP contribution in [0, 0.1) is 17.3 Å². The summed E-state index contributed by atoms with van der Waals surface area (Å²) in [4.78, 5) is 64.0. The van der Waals surface area contributed by atoms with Gasteiger partial charge < -0.3 is 18.9 Å². The fourth-order valence-electron chi connectivity index (χ4n) is 3.94. The SMILES string of the molecule is CC(C)(Br)C(=O)OCC(C)(COC(=O)C(C)(C)Br)C(=O)OCCN1C(=O)C2C3C=CC(O3)C2C1=O. The van der Waals surface area contributed by atoms with Crippen molar-refractivity contribution < 1.29 is 42.9 Å². The minimum Gasteiger partial charge on any atom is -0.463 e. The van der Waals surface area contributed by atoms with Crippen molar-refractivity contribution >= 4 is 61.6 Å². The number of nitrogens with zero attached hydrogens (tertiary/aromatic N) is 1. The highest BCUT2D eigenvalue weighted by Gasteiger charge is 2.60. The van der Waals surface area contributed by atoms with Crippen molar-refractivity contribution in [2.24, 2.45) is 17.3 Å². The Kier molecular flexibility index (Phi) is 7.88. The normalized spacial score (nSPS) is 25.6. The summed E-state index contributed by atoms with van der Waals surface area (Å²) in [6.07, 6.45) is 2.77.